The van der Waals surface area contributed by atoms with Gasteiger partial charge in [-0.2, -0.15) is 17.6 Å². The first-order valence-corrected chi connectivity index (χ1v) is 15.6. The second kappa shape index (κ2) is 16.3. The number of alkyl halides is 3. The number of thiazole rings is 1. The van der Waals surface area contributed by atoms with Gasteiger partial charge in [0.25, 0.3) is 0 Å². The molecule has 244 valence electrons. The molecule has 0 saturated carbocycles. The van der Waals surface area contributed by atoms with Crippen LogP contribution < -0.4 is 10.6 Å². The van der Waals surface area contributed by atoms with Crippen molar-refractivity contribution in [3.8, 4) is 11.3 Å². The van der Waals surface area contributed by atoms with Crippen molar-refractivity contribution in [1.29, 1.82) is 0 Å². The Morgan fingerprint density at radius 3 is 2.48 bits per heavy atom. The third-order valence-corrected chi connectivity index (χ3v) is 7.94. The second-order valence-corrected chi connectivity index (χ2v) is 11.3. The van der Waals surface area contributed by atoms with Gasteiger partial charge in [-0.3, -0.25) is 4.98 Å². The van der Waals surface area contributed by atoms with Crippen molar-refractivity contribution in [2.45, 2.75) is 64.6 Å². The van der Waals surface area contributed by atoms with Crippen molar-refractivity contribution < 1.29 is 36.6 Å². The third-order valence-electron chi connectivity index (χ3n) is 7.11. The maximum absolute atomic E-state index is 15.1. The molecule has 46 heavy (non-hydrogen) atoms. The Morgan fingerprint density at radius 2 is 1.76 bits per heavy atom. The molecule has 0 atom stereocenters. The molecule has 0 aliphatic carbocycles. The van der Waals surface area contributed by atoms with E-state index >= 15 is 4.39 Å². The zero-order valence-electron chi connectivity index (χ0n) is 25.2. The lowest BCUT2D eigenvalue weighted by atomic mass is 9.99. The number of carbonyl (C=O) groups excluding carboxylic acids is 2. The van der Waals surface area contributed by atoms with E-state index in [0.717, 1.165) is 43.1 Å². The number of halogens is 4. The lowest BCUT2D eigenvalue weighted by Gasteiger charge is -2.22. The molecule has 0 fully saturated rings. The fraction of sp³-hybridized carbons (Fsp3) is 0.333. The zero-order valence-corrected chi connectivity index (χ0v) is 26.0. The highest BCUT2D eigenvalue weighted by molar-refractivity contribution is 7.14. The number of aromatic nitrogens is 2. The summed E-state index contributed by atoms with van der Waals surface area (Å²) < 4.78 is 68.2. The van der Waals surface area contributed by atoms with E-state index in [1.807, 2.05) is 0 Å². The molecule has 13 heteroatoms. The highest BCUT2D eigenvalue weighted by atomic mass is 32.1. The van der Waals surface area contributed by atoms with Crippen molar-refractivity contribution in [2.75, 3.05) is 11.7 Å². The summed E-state index contributed by atoms with van der Waals surface area (Å²) in [7, 11) is 0. The Balaban J connectivity index is 1.61. The summed E-state index contributed by atoms with van der Waals surface area (Å²) in [5, 5.41) is -1.08. The van der Waals surface area contributed by atoms with Gasteiger partial charge in [0, 0.05) is 24.5 Å². The van der Waals surface area contributed by atoms with Crippen LogP contribution in [-0.4, -0.2) is 28.8 Å². The zero-order chi connectivity index (χ0) is 33.1. The number of unbranched alkanes of at least 4 members (excludes halogenated alkanes) is 5. The molecular formula is C33H34F4N4O4S. The topological polar surface area (TPSA) is 108 Å². The minimum Gasteiger partial charge on any atom is -0.424 e. The quantitative estimate of drug-likeness (QED) is 0.0624. The molecule has 4 rings (SSSR count). The SMILES string of the molecule is CCCCCCCCc1ccc(N(C(=O)OCOC(=O)c2cccc(CN)c2)c2nc(-c3cccnc3)c(F)s2)cc1C(F)(F)F. The van der Waals surface area contributed by atoms with Gasteiger partial charge in [0.05, 0.1) is 16.8 Å². The van der Waals surface area contributed by atoms with Gasteiger partial charge in [-0.05, 0) is 60.4 Å². The van der Waals surface area contributed by atoms with Gasteiger partial charge < -0.3 is 15.2 Å². The van der Waals surface area contributed by atoms with Gasteiger partial charge >= 0.3 is 18.2 Å². The number of benzene rings is 2. The normalized spacial score (nSPS) is 11.3. The van der Waals surface area contributed by atoms with Crippen LogP contribution in [0.25, 0.3) is 11.3 Å². The molecule has 1 amide bonds. The Labute approximate surface area is 268 Å². The summed E-state index contributed by atoms with van der Waals surface area (Å²) in [6, 6.07) is 12.9. The van der Waals surface area contributed by atoms with Crippen molar-refractivity contribution >= 4 is 34.2 Å². The van der Waals surface area contributed by atoms with E-state index in [0.29, 0.717) is 28.9 Å². The summed E-state index contributed by atoms with van der Waals surface area (Å²) in [5.74, 6) is -0.813. The summed E-state index contributed by atoms with van der Waals surface area (Å²) in [5.41, 5.74) is 5.51. The Bertz CT molecular complexity index is 1610. The molecule has 0 bridgehead atoms. The number of esters is 1. The van der Waals surface area contributed by atoms with Crippen LogP contribution in [0.4, 0.5) is 33.2 Å². The third kappa shape index (κ3) is 9.10. The van der Waals surface area contributed by atoms with Gasteiger partial charge in [0.15, 0.2) is 0 Å². The van der Waals surface area contributed by atoms with E-state index in [1.54, 1.807) is 24.3 Å². The number of amides is 1. The molecule has 0 radical (unpaired) electrons. The summed E-state index contributed by atoms with van der Waals surface area (Å²) in [6.07, 6.45) is 2.56. The number of hydrogen-bond acceptors (Lipinski definition) is 8. The summed E-state index contributed by atoms with van der Waals surface area (Å²) in [4.78, 5) is 34.8. The van der Waals surface area contributed by atoms with Crippen molar-refractivity contribution in [1.82, 2.24) is 9.97 Å². The predicted octanol–water partition coefficient (Wildman–Crippen LogP) is 8.81. The number of rotatable bonds is 14. The van der Waals surface area contributed by atoms with Crippen LogP contribution in [0.2, 0.25) is 0 Å². The highest BCUT2D eigenvalue weighted by Crippen LogP contribution is 2.40. The number of ether oxygens (including phenoxy) is 2. The average molecular weight is 659 g/mol. The maximum atomic E-state index is 15.1. The minimum absolute atomic E-state index is 0.0788. The first kappa shape index (κ1) is 34.5. The van der Waals surface area contributed by atoms with Gasteiger partial charge in [-0.15, -0.1) is 0 Å². The van der Waals surface area contributed by atoms with E-state index < -0.39 is 35.7 Å². The monoisotopic (exact) mass is 658 g/mol. The standard InChI is InChI=1S/C33H34F4N4O4S/c1-2-3-4-5-6-7-11-23-14-15-26(18-27(23)33(35,36)37)41(31-40-28(29(34)46-31)25-13-9-16-39-20-25)32(43)45-21-44-30(42)24-12-8-10-22(17-24)19-38/h8-10,12-18,20H,2-7,11,19,21,38H2,1H3. The number of anilines is 2. The minimum atomic E-state index is -4.73. The van der Waals surface area contributed by atoms with Gasteiger partial charge in [-0.1, -0.05) is 68.6 Å². The van der Waals surface area contributed by atoms with Crippen LogP contribution >= 0.6 is 11.3 Å². The number of carbonyl (C=O) groups is 2. The molecule has 2 N–H and O–H groups in total. The predicted molar refractivity (Wildman–Crippen MR) is 167 cm³/mol. The molecule has 0 aliphatic heterocycles. The van der Waals surface area contributed by atoms with E-state index in [-0.39, 0.29) is 40.6 Å². The molecule has 0 spiro atoms. The molecule has 8 nitrogen and oxygen atoms in total. The number of aryl methyl sites for hydroxylation is 1. The fourth-order valence-electron chi connectivity index (χ4n) is 4.75. The number of nitrogens with zero attached hydrogens (tertiary/aromatic N) is 3. The largest absolute Gasteiger partial charge is 0.424 e. The van der Waals surface area contributed by atoms with Crippen LogP contribution in [0.5, 0.6) is 0 Å². The molecule has 2 aromatic carbocycles. The van der Waals surface area contributed by atoms with Crippen LogP contribution in [-0.2, 0) is 28.6 Å². The van der Waals surface area contributed by atoms with Gasteiger partial charge in [0.1, 0.15) is 5.69 Å². The molecule has 0 saturated heterocycles. The lowest BCUT2D eigenvalue weighted by molar-refractivity contribution is -0.138. The first-order chi connectivity index (χ1) is 22.1. The van der Waals surface area contributed by atoms with Crippen molar-refractivity contribution in [3.05, 3.63) is 94.4 Å². The number of pyridine rings is 1. The highest BCUT2D eigenvalue weighted by Gasteiger charge is 2.35. The average Bonchev–Trinajstić information content (AvgIpc) is 3.43. The number of hydrogen-bond donors (Lipinski definition) is 1. The van der Waals surface area contributed by atoms with Crippen molar-refractivity contribution in [3.63, 3.8) is 0 Å². The van der Waals surface area contributed by atoms with E-state index in [2.05, 4.69) is 16.9 Å². The van der Waals surface area contributed by atoms with E-state index in [4.69, 9.17) is 15.2 Å². The van der Waals surface area contributed by atoms with Crippen LogP contribution in [0.1, 0.15) is 72.5 Å². The second-order valence-electron chi connectivity index (χ2n) is 10.4. The van der Waals surface area contributed by atoms with Gasteiger partial charge in [0.2, 0.25) is 17.1 Å². The Morgan fingerprint density at radius 1 is 0.978 bits per heavy atom. The Kier molecular flexibility index (Phi) is 12.2. The molecule has 0 unspecified atom stereocenters. The number of nitrogens with two attached hydrogens (primary N) is 1. The van der Waals surface area contributed by atoms with Crippen LogP contribution in [0.3, 0.4) is 0 Å². The Hall–Kier alpha value is -4.36. The molecule has 2 heterocycles. The maximum Gasteiger partial charge on any atom is 0.423 e. The first-order valence-electron chi connectivity index (χ1n) is 14.8. The molecule has 2 aromatic heterocycles. The molecule has 4 aromatic rings. The smallest absolute Gasteiger partial charge is 0.423 e. The lowest BCUT2D eigenvalue weighted by Crippen LogP contribution is -2.28. The summed E-state index contributed by atoms with van der Waals surface area (Å²) >= 11 is 0.441. The summed E-state index contributed by atoms with van der Waals surface area (Å²) in [6.45, 7) is 1.41. The molecular weight excluding hydrogens is 624 g/mol. The van der Waals surface area contributed by atoms with E-state index in [9.17, 15) is 22.8 Å². The molecule has 0 aliphatic rings. The van der Waals surface area contributed by atoms with Crippen molar-refractivity contribution in [2.24, 2.45) is 5.73 Å². The van der Waals surface area contributed by atoms with Crippen LogP contribution in [0.15, 0.2) is 67.0 Å². The fourth-order valence-corrected chi connectivity index (χ4v) is 5.58. The van der Waals surface area contributed by atoms with E-state index in [1.165, 1.54) is 36.7 Å². The van der Waals surface area contributed by atoms with Gasteiger partial charge in [-0.25, -0.2) is 19.5 Å². The van der Waals surface area contributed by atoms with Crippen LogP contribution in [0, 0.1) is 5.13 Å².